The van der Waals surface area contributed by atoms with Crippen LogP contribution in [0, 0.1) is 0 Å². The Labute approximate surface area is 153 Å². The number of aliphatic hydroxyl groups excluding tert-OH is 1. The van der Waals surface area contributed by atoms with Gasteiger partial charge >= 0.3 is 6.18 Å². The fourth-order valence-corrected chi connectivity index (χ4v) is 2.12. The maximum atomic E-state index is 11.1. The number of aliphatic hydroxyl groups is 1. The molecule has 4 N–H and O–H groups in total. The van der Waals surface area contributed by atoms with E-state index in [4.69, 9.17) is 9.84 Å². The number of anilines is 2. The largest absolute Gasteiger partial charge is 0.479 e. The third-order valence-corrected chi connectivity index (χ3v) is 3.47. The second-order valence-corrected chi connectivity index (χ2v) is 5.36. The number of pyridine rings is 2. The van der Waals surface area contributed by atoms with E-state index in [9.17, 15) is 13.2 Å². The van der Waals surface area contributed by atoms with Crippen molar-refractivity contribution in [1.29, 1.82) is 0 Å². The quantitative estimate of drug-likeness (QED) is 0.643. The molecule has 1 atom stereocenters. The van der Waals surface area contributed by atoms with Crippen LogP contribution in [0.4, 0.5) is 24.5 Å². The lowest BCUT2D eigenvalue weighted by Crippen LogP contribution is -2.35. The SMILES string of the molecule is COc1nccc2c(Nc3ccccc3)ccnc12.NCC(O)C(F)(F)F. The van der Waals surface area contributed by atoms with Crippen molar-refractivity contribution in [3.05, 3.63) is 54.9 Å². The van der Waals surface area contributed by atoms with Gasteiger partial charge in [-0.1, -0.05) is 18.2 Å². The van der Waals surface area contributed by atoms with E-state index in [1.165, 1.54) is 0 Å². The highest BCUT2D eigenvalue weighted by molar-refractivity contribution is 5.95. The highest BCUT2D eigenvalue weighted by Crippen LogP contribution is 2.28. The van der Waals surface area contributed by atoms with Gasteiger partial charge in [0.15, 0.2) is 6.10 Å². The maximum absolute atomic E-state index is 11.1. The molecule has 0 spiro atoms. The summed E-state index contributed by atoms with van der Waals surface area (Å²) < 4.78 is 38.6. The van der Waals surface area contributed by atoms with Crippen LogP contribution in [0.25, 0.3) is 10.9 Å². The lowest BCUT2D eigenvalue weighted by atomic mass is 10.2. The van der Waals surface area contributed by atoms with Gasteiger partial charge in [-0.25, -0.2) is 4.98 Å². The minimum Gasteiger partial charge on any atom is -0.479 e. The van der Waals surface area contributed by atoms with E-state index in [1.54, 1.807) is 19.5 Å². The number of hydrogen-bond acceptors (Lipinski definition) is 6. The number of aromatic nitrogens is 2. The normalized spacial score (nSPS) is 12.1. The molecule has 0 saturated carbocycles. The Hall–Kier alpha value is -2.91. The summed E-state index contributed by atoms with van der Waals surface area (Å²) in [6.45, 7) is -0.774. The molecule has 1 aromatic carbocycles. The highest BCUT2D eigenvalue weighted by atomic mass is 19.4. The molecule has 144 valence electrons. The predicted molar refractivity (Wildman–Crippen MR) is 96.9 cm³/mol. The number of para-hydroxylation sites is 1. The lowest BCUT2D eigenvalue weighted by molar-refractivity contribution is -0.200. The summed E-state index contributed by atoms with van der Waals surface area (Å²) in [4.78, 5) is 8.49. The number of nitrogens with one attached hydrogen (secondary N) is 1. The van der Waals surface area contributed by atoms with Crippen molar-refractivity contribution in [3.63, 3.8) is 0 Å². The predicted octanol–water partition coefficient (Wildman–Crippen LogP) is 3.25. The van der Waals surface area contributed by atoms with Crippen molar-refractivity contribution in [2.45, 2.75) is 12.3 Å². The summed E-state index contributed by atoms with van der Waals surface area (Å²) >= 11 is 0. The fraction of sp³-hybridized carbons (Fsp3) is 0.222. The standard InChI is InChI=1S/C15H13N3O.C3H6F3NO/c1-19-15-14-12(7-9-17-15)13(8-10-16-14)18-11-5-3-2-4-6-11;4-3(5,6)2(8)1-7/h2-10H,1H3,(H,16,18);2,8H,1,7H2. The van der Waals surface area contributed by atoms with Crippen molar-refractivity contribution in [3.8, 4) is 5.88 Å². The Morgan fingerprint density at radius 2 is 1.78 bits per heavy atom. The van der Waals surface area contributed by atoms with E-state index < -0.39 is 18.8 Å². The first-order valence-corrected chi connectivity index (χ1v) is 7.91. The van der Waals surface area contributed by atoms with Crippen LogP contribution in [-0.2, 0) is 0 Å². The second-order valence-electron chi connectivity index (χ2n) is 5.36. The molecule has 0 saturated heterocycles. The zero-order valence-electron chi connectivity index (χ0n) is 14.4. The number of rotatable bonds is 4. The van der Waals surface area contributed by atoms with Crippen LogP contribution < -0.4 is 15.8 Å². The van der Waals surface area contributed by atoms with Gasteiger partial charge in [-0.3, -0.25) is 4.98 Å². The van der Waals surface area contributed by atoms with Crippen LogP contribution in [0.5, 0.6) is 5.88 Å². The number of benzene rings is 1. The highest BCUT2D eigenvalue weighted by Gasteiger charge is 2.36. The number of hydrogen-bond donors (Lipinski definition) is 3. The Morgan fingerprint density at radius 3 is 2.33 bits per heavy atom. The van der Waals surface area contributed by atoms with E-state index in [1.807, 2.05) is 42.5 Å². The molecule has 2 heterocycles. The second kappa shape index (κ2) is 9.15. The molecule has 3 rings (SSSR count). The van der Waals surface area contributed by atoms with Gasteiger partial charge in [0.1, 0.15) is 5.52 Å². The van der Waals surface area contributed by atoms with Crippen molar-refractivity contribution < 1.29 is 23.0 Å². The zero-order valence-corrected chi connectivity index (χ0v) is 14.4. The Balaban J connectivity index is 0.000000279. The van der Waals surface area contributed by atoms with Crippen molar-refractivity contribution in [2.24, 2.45) is 5.73 Å². The molecule has 0 aliphatic heterocycles. The fourth-order valence-electron chi connectivity index (χ4n) is 2.12. The summed E-state index contributed by atoms with van der Waals surface area (Å²) in [5.41, 5.74) is 7.26. The molecule has 27 heavy (non-hydrogen) atoms. The van der Waals surface area contributed by atoms with Crippen LogP contribution in [0.2, 0.25) is 0 Å². The smallest absolute Gasteiger partial charge is 0.415 e. The molecule has 0 radical (unpaired) electrons. The maximum Gasteiger partial charge on any atom is 0.415 e. The summed E-state index contributed by atoms with van der Waals surface area (Å²) in [7, 11) is 1.60. The molecule has 0 aliphatic carbocycles. The van der Waals surface area contributed by atoms with E-state index in [0.29, 0.717) is 5.88 Å². The number of halogens is 3. The molecule has 9 heteroatoms. The monoisotopic (exact) mass is 380 g/mol. The number of methoxy groups -OCH3 is 1. The molecule has 0 amide bonds. The average molecular weight is 380 g/mol. The first-order chi connectivity index (χ1) is 12.9. The van der Waals surface area contributed by atoms with Gasteiger partial charge in [-0.2, -0.15) is 13.2 Å². The zero-order chi connectivity index (χ0) is 19.9. The van der Waals surface area contributed by atoms with Crippen LogP contribution in [0.15, 0.2) is 54.9 Å². The van der Waals surface area contributed by atoms with Gasteiger partial charge in [0.05, 0.1) is 7.11 Å². The third kappa shape index (κ3) is 5.53. The van der Waals surface area contributed by atoms with Crippen LogP contribution in [-0.4, -0.2) is 41.0 Å². The molecule has 2 aromatic heterocycles. The first-order valence-electron chi connectivity index (χ1n) is 7.91. The van der Waals surface area contributed by atoms with Gasteiger partial charge in [0.2, 0.25) is 5.88 Å². The number of alkyl halides is 3. The molecule has 6 nitrogen and oxygen atoms in total. The molecular weight excluding hydrogens is 361 g/mol. The van der Waals surface area contributed by atoms with Crippen molar-refractivity contribution in [1.82, 2.24) is 9.97 Å². The van der Waals surface area contributed by atoms with Crippen LogP contribution in [0.3, 0.4) is 0 Å². The number of fused-ring (bicyclic) bond motifs is 1. The minimum atomic E-state index is -4.56. The number of ether oxygens (including phenoxy) is 1. The first kappa shape index (κ1) is 20.4. The molecular formula is C18H19F3N4O2. The van der Waals surface area contributed by atoms with E-state index >= 15 is 0 Å². The van der Waals surface area contributed by atoms with Crippen molar-refractivity contribution in [2.75, 3.05) is 19.0 Å². The van der Waals surface area contributed by atoms with Gasteiger partial charge in [0.25, 0.3) is 0 Å². The van der Waals surface area contributed by atoms with E-state index in [0.717, 1.165) is 22.3 Å². The Kier molecular flexibility index (Phi) is 6.91. The molecule has 3 aromatic rings. The van der Waals surface area contributed by atoms with Gasteiger partial charge in [-0.15, -0.1) is 0 Å². The molecule has 1 unspecified atom stereocenters. The summed E-state index contributed by atoms with van der Waals surface area (Å²) in [6.07, 6.45) is -3.46. The topological polar surface area (TPSA) is 93.3 Å². The average Bonchev–Trinajstić information content (AvgIpc) is 2.67. The molecule has 0 bridgehead atoms. The van der Waals surface area contributed by atoms with Crippen LogP contribution in [0.1, 0.15) is 0 Å². The van der Waals surface area contributed by atoms with Crippen molar-refractivity contribution >= 4 is 22.3 Å². The van der Waals surface area contributed by atoms with Gasteiger partial charge < -0.3 is 20.9 Å². The number of nitrogens with two attached hydrogens (primary N) is 1. The molecule has 0 fully saturated rings. The summed E-state index contributed by atoms with van der Waals surface area (Å²) in [5, 5.41) is 12.3. The number of nitrogens with zero attached hydrogens (tertiary/aromatic N) is 2. The Morgan fingerprint density at radius 1 is 1.11 bits per heavy atom. The summed E-state index contributed by atoms with van der Waals surface area (Å²) in [6, 6.07) is 13.9. The third-order valence-electron chi connectivity index (χ3n) is 3.47. The van der Waals surface area contributed by atoms with Gasteiger partial charge in [-0.05, 0) is 24.3 Å². The van der Waals surface area contributed by atoms with E-state index in [2.05, 4.69) is 21.0 Å². The van der Waals surface area contributed by atoms with E-state index in [-0.39, 0.29) is 0 Å². The van der Waals surface area contributed by atoms with Gasteiger partial charge in [0, 0.05) is 35.7 Å². The van der Waals surface area contributed by atoms with Crippen LogP contribution >= 0.6 is 0 Å². The molecule has 0 aliphatic rings. The summed E-state index contributed by atoms with van der Waals surface area (Å²) in [5.74, 6) is 0.536. The minimum absolute atomic E-state index is 0.536. The Bertz CT molecular complexity index is 860. The lowest BCUT2D eigenvalue weighted by Gasteiger charge is -2.10.